The van der Waals surface area contributed by atoms with Crippen LogP contribution in [0.3, 0.4) is 0 Å². The zero-order valence-electron chi connectivity index (χ0n) is 51.4. The number of nitrogens with one attached hydrogen (secondary N) is 5. The quantitative estimate of drug-likeness (QED) is 0.0198. The van der Waals surface area contributed by atoms with Gasteiger partial charge in [-0.1, -0.05) is 43.2 Å². The highest BCUT2D eigenvalue weighted by atomic mass is 32.1. The summed E-state index contributed by atoms with van der Waals surface area (Å²) >= 11 is 1.27. The molecule has 32 nitrogen and oxygen atoms in total. The van der Waals surface area contributed by atoms with Crippen LogP contribution in [0, 0.1) is 5.92 Å². The first-order chi connectivity index (χ1) is 43.9. The monoisotopic (exact) mass is 1300 g/mol. The van der Waals surface area contributed by atoms with E-state index >= 15 is 4.79 Å². The molecular weight excluding hydrogens is 1210 g/mol. The number of thiophene rings is 1. The molecule has 5 heterocycles. The van der Waals surface area contributed by atoms with Gasteiger partial charge in [0.05, 0.1) is 25.3 Å². The van der Waals surface area contributed by atoms with E-state index in [1.165, 1.54) is 26.0 Å². The van der Waals surface area contributed by atoms with Crippen molar-refractivity contribution in [2.75, 3.05) is 45.9 Å². The summed E-state index contributed by atoms with van der Waals surface area (Å²) in [6, 6.07) is -1.07. The first kappa shape index (κ1) is 70.8. The number of likely N-dealkylation sites (tertiary alicyclic amines) is 3. The molecule has 2 aromatic rings. The second-order valence-electron chi connectivity index (χ2n) is 23.9. The number of β-amino-alcohol motifs (C(OH)–C–C–N with tert-alkyl or cyclic N) is 1. The molecule has 504 valence electrons. The van der Waals surface area contributed by atoms with E-state index in [0.717, 1.165) is 29.7 Å². The van der Waals surface area contributed by atoms with E-state index in [1.54, 1.807) is 35.7 Å². The highest BCUT2D eigenvalue weighted by Gasteiger charge is 2.52. The predicted octanol–water partition coefficient (Wildman–Crippen LogP) is -5.02. The lowest BCUT2D eigenvalue weighted by Gasteiger charge is -2.42. The van der Waals surface area contributed by atoms with E-state index in [2.05, 4.69) is 41.6 Å². The number of aliphatic hydroxyl groups excluding tert-OH is 2. The molecule has 1 aromatic heterocycles. The Kier molecular flexibility index (Phi) is 25.8. The SMILES string of the molecule is NC(N)=NCCCC(NC(=O)[C@H](N)CCCN=C(N)N)C(=O)N1CCCC1C(=O)N1C[C@H](O)CC1C(=O)NCC(=O)N[C@@H](Cc1cccs1)C(=O)N[C@@H](CO)C(=O)N1Cc2ccccc2CC1C(=O)N1C(C(=O)N[C@@H](CCCN=C(N)N)C(=O)O)C[C@@H]2CCCC[C@@H]21. The number of hydrogen-bond donors (Lipinski definition) is 15. The number of aliphatic hydroxyl groups is 2. The Morgan fingerprint density at radius 3 is 1.89 bits per heavy atom. The molecule has 1 aromatic carbocycles. The number of amides is 9. The Balaban J connectivity index is 1.02. The van der Waals surface area contributed by atoms with Crippen molar-refractivity contribution in [3.8, 4) is 0 Å². The summed E-state index contributed by atoms with van der Waals surface area (Å²) in [5, 5.41) is 46.8. The van der Waals surface area contributed by atoms with Gasteiger partial charge in [-0.2, -0.15) is 0 Å². The normalized spacial score (nSPS) is 22.4. The summed E-state index contributed by atoms with van der Waals surface area (Å²) < 4.78 is 0. The van der Waals surface area contributed by atoms with Gasteiger partial charge in [-0.25, -0.2) is 4.79 Å². The van der Waals surface area contributed by atoms with Crippen LogP contribution in [0.2, 0.25) is 0 Å². The lowest BCUT2D eigenvalue weighted by molar-refractivity contribution is -0.153. The van der Waals surface area contributed by atoms with E-state index in [9.17, 15) is 58.5 Å². The highest BCUT2D eigenvalue weighted by Crippen LogP contribution is 2.41. The van der Waals surface area contributed by atoms with E-state index in [0.29, 0.717) is 29.7 Å². The summed E-state index contributed by atoms with van der Waals surface area (Å²) in [5.41, 5.74) is 40.3. The summed E-state index contributed by atoms with van der Waals surface area (Å²) in [4.78, 5) is 159. The van der Waals surface area contributed by atoms with E-state index in [-0.39, 0.29) is 127 Å². The van der Waals surface area contributed by atoms with Crippen LogP contribution in [0.1, 0.15) is 106 Å². The van der Waals surface area contributed by atoms with Gasteiger partial charge >= 0.3 is 5.97 Å². The number of carboxylic acids is 1. The molecule has 22 N–H and O–H groups in total. The molecule has 4 fully saturated rings. The maximum atomic E-state index is 15.3. The molecule has 5 aliphatic rings. The van der Waals surface area contributed by atoms with Gasteiger partial charge in [-0.05, 0) is 99.1 Å². The number of hydrogen-bond acceptors (Lipinski definition) is 17. The number of carboxylic acid groups (broad SMARTS) is 1. The third-order valence-electron chi connectivity index (χ3n) is 17.4. The minimum absolute atomic E-state index is 0.00000960. The summed E-state index contributed by atoms with van der Waals surface area (Å²) in [5.74, 6) is -8.33. The molecule has 4 aliphatic heterocycles. The molecule has 5 unspecified atom stereocenters. The molecule has 1 saturated carbocycles. The zero-order valence-corrected chi connectivity index (χ0v) is 52.3. The smallest absolute Gasteiger partial charge is 0.326 e. The van der Waals surface area contributed by atoms with Gasteiger partial charge in [-0.3, -0.25) is 58.1 Å². The molecule has 9 amide bonds. The zero-order chi connectivity index (χ0) is 66.8. The fraction of sp³-hybridized carbons (Fsp3) is 0.610. The van der Waals surface area contributed by atoms with Crippen molar-refractivity contribution in [2.24, 2.45) is 61.0 Å². The van der Waals surface area contributed by atoms with Crippen molar-refractivity contribution in [2.45, 2.75) is 176 Å². The van der Waals surface area contributed by atoms with Crippen LogP contribution in [0.4, 0.5) is 0 Å². The van der Waals surface area contributed by atoms with Gasteiger partial charge < -0.3 is 102 Å². The maximum Gasteiger partial charge on any atom is 0.326 e. The molecule has 1 aliphatic carbocycles. The Morgan fingerprint density at radius 1 is 0.620 bits per heavy atom. The second-order valence-corrected chi connectivity index (χ2v) is 25.0. The number of benzene rings is 1. The van der Waals surface area contributed by atoms with Gasteiger partial charge in [0.25, 0.3) is 0 Å². The van der Waals surface area contributed by atoms with E-state index in [1.807, 2.05) is 6.07 Å². The Hall–Kier alpha value is -8.69. The third-order valence-corrected chi connectivity index (χ3v) is 18.3. The molecule has 3 saturated heterocycles. The van der Waals surface area contributed by atoms with Crippen molar-refractivity contribution in [1.82, 2.24) is 46.2 Å². The van der Waals surface area contributed by atoms with E-state index in [4.69, 9.17) is 40.1 Å². The van der Waals surface area contributed by atoms with Crippen LogP contribution in [0.5, 0.6) is 0 Å². The van der Waals surface area contributed by atoms with Gasteiger partial charge in [0.15, 0.2) is 17.9 Å². The molecule has 33 heteroatoms. The first-order valence-corrected chi connectivity index (χ1v) is 32.1. The lowest BCUT2D eigenvalue weighted by atomic mass is 9.84. The maximum absolute atomic E-state index is 15.3. The first-order valence-electron chi connectivity index (χ1n) is 31.2. The molecule has 7 rings (SSSR count). The average molecular weight is 1300 g/mol. The van der Waals surface area contributed by atoms with Crippen molar-refractivity contribution in [3.05, 3.63) is 57.8 Å². The number of fused-ring (bicyclic) bond motifs is 2. The van der Waals surface area contributed by atoms with Gasteiger partial charge in [0, 0.05) is 69.4 Å². The van der Waals surface area contributed by atoms with Crippen molar-refractivity contribution < 1.29 is 63.3 Å². The van der Waals surface area contributed by atoms with Gasteiger partial charge in [-0.15, -0.1) is 11.3 Å². The van der Waals surface area contributed by atoms with Crippen molar-refractivity contribution in [1.29, 1.82) is 0 Å². The Morgan fingerprint density at radius 2 is 1.25 bits per heavy atom. The molecule has 92 heavy (non-hydrogen) atoms. The lowest BCUT2D eigenvalue weighted by Crippen LogP contribution is -2.63. The number of carbonyl (C=O) groups excluding carboxylic acids is 9. The third kappa shape index (κ3) is 19.0. The summed E-state index contributed by atoms with van der Waals surface area (Å²) in [7, 11) is 0. The summed E-state index contributed by atoms with van der Waals surface area (Å²) in [6.07, 6.45) is 3.42. The number of nitrogens with two attached hydrogens (primary N) is 7. The fourth-order valence-corrected chi connectivity index (χ4v) is 13.6. The van der Waals surface area contributed by atoms with Crippen LogP contribution in [0.15, 0.2) is 56.8 Å². The van der Waals surface area contributed by atoms with Crippen LogP contribution in [-0.4, -0.2) is 224 Å². The number of nitrogens with zero attached hydrogens (tertiary/aromatic N) is 7. The average Bonchev–Trinajstić information content (AvgIpc) is 1.80. The molecule has 0 radical (unpaired) electrons. The van der Waals surface area contributed by atoms with Gasteiger partial charge in [0.1, 0.15) is 48.3 Å². The minimum atomic E-state index is -1.66. The standard InChI is InChI=1S/C59H89N19O13S/c60-37(14-5-19-67-57(61)62)48(82)72-38(15-6-20-68-58(63)64)52(86)75-22-8-18-43(75)54(88)77-30-35(80)26-44(77)50(84)70-28-47(81)71-40(27-36-13-9-23-92-36)49(83)74-41(31-79)53(87)76-29-34-12-2-1-10-32(34)24-46(76)55(89)78-42-17-4-3-11-33(42)25-45(78)51(85)73-39(56(90)91)16-7-21-69-59(65)66/h1-2,9-10,12-13,23,33,35,37-46,79-80H,3-8,11,14-22,24-31,60H2,(H,70,84)(H,71,81)(H,72,82)(H,73,85)(H,74,83)(H,90,91)(H4,61,62,67)(H4,63,64,68)(H4,65,66,69)/t33-,35+,37+,38?,39-,40-,41-,42-,43?,44?,45?,46?/m0/s1. The van der Waals surface area contributed by atoms with Crippen molar-refractivity contribution >= 4 is 88.3 Å². The van der Waals surface area contributed by atoms with Crippen LogP contribution in [0.25, 0.3) is 0 Å². The number of carbonyl (C=O) groups is 10. The largest absolute Gasteiger partial charge is 0.480 e. The van der Waals surface area contributed by atoms with Crippen LogP contribution >= 0.6 is 11.3 Å². The van der Waals surface area contributed by atoms with Crippen LogP contribution < -0.4 is 66.7 Å². The van der Waals surface area contributed by atoms with Crippen molar-refractivity contribution in [3.63, 3.8) is 0 Å². The Bertz CT molecular complexity index is 3050. The fourth-order valence-electron chi connectivity index (χ4n) is 12.9. The summed E-state index contributed by atoms with van der Waals surface area (Å²) in [6.45, 7) is -1.46. The molecule has 12 atom stereocenters. The Labute approximate surface area is 536 Å². The van der Waals surface area contributed by atoms with Crippen LogP contribution in [-0.2, 0) is 67.3 Å². The second kappa shape index (κ2) is 33.6. The number of rotatable bonds is 30. The number of aliphatic imine (C=N–C) groups is 3. The highest BCUT2D eigenvalue weighted by molar-refractivity contribution is 7.09. The van der Waals surface area contributed by atoms with E-state index < -0.39 is 139 Å². The molecule has 0 spiro atoms. The topological polar surface area (TPSA) is 524 Å². The minimum Gasteiger partial charge on any atom is -0.480 e. The number of aliphatic carboxylic acids is 1. The molecular formula is C59H89N19O13S. The number of guanidine groups is 3. The predicted molar refractivity (Wildman–Crippen MR) is 338 cm³/mol. The molecule has 0 bridgehead atoms. The van der Waals surface area contributed by atoms with Gasteiger partial charge in [0.2, 0.25) is 53.2 Å².